The van der Waals surface area contributed by atoms with Gasteiger partial charge in [-0.2, -0.15) is 11.8 Å². The van der Waals surface area contributed by atoms with E-state index in [2.05, 4.69) is 10.6 Å². The van der Waals surface area contributed by atoms with E-state index in [1.807, 2.05) is 6.26 Å². The average molecular weight is 262 g/mol. The lowest BCUT2D eigenvalue weighted by Gasteiger charge is -2.40. The summed E-state index contributed by atoms with van der Waals surface area (Å²) >= 11 is 1.72. The fraction of sp³-hybridized carbons (Fsp3) is 0.800. The number of carbonyl (C=O) groups excluding carboxylic acids is 1. The highest BCUT2D eigenvalue weighted by Gasteiger charge is 2.36. The second kappa shape index (κ2) is 6.11. The van der Waals surface area contributed by atoms with Crippen molar-refractivity contribution in [2.45, 2.75) is 30.1 Å². The standard InChI is InChI=1S/C10H18N2O4S/c1-17-10(3-2-4-10)6-11-9(16)12-7(5-13)8(14)15/h7,13H,2-6H2,1H3,(H,14,15)(H2,11,12,16)/t7-/m1/s1. The van der Waals surface area contributed by atoms with Gasteiger partial charge in [-0.15, -0.1) is 0 Å². The highest BCUT2D eigenvalue weighted by atomic mass is 32.2. The van der Waals surface area contributed by atoms with Gasteiger partial charge in [0.25, 0.3) is 0 Å². The quantitative estimate of drug-likeness (QED) is 0.541. The zero-order chi connectivity index (χ0) is 12.9. The van der Waals surface area contributed by atoms with Crippen LogP contribution in [0.3, 0.4) is 0 Å². The number of thioether (sulfide) groups is 1. The Hall–Kier alpha value is -0.950. The van der Waals surface area contributed by atoms with Crippen LogP contribution in [0.25, 0.3) is 0 Å². The van der Waals surface area contributed by atoms with Crippen molar-refractivity contribution in [1.29, 1.82) is 0 Å². The number of carboxylic acids is 1. The molecule has 4 N–H and O–H groups in total. The van der Waals surface area contributed by atoms with E-state index in [9.17, 15) is 9.59 Å². The number of carboxylic acid groups (broad SMARTS) is 1. The topological polar surface area (TPSA) is 98.7 Å². The molecule has 0 aromatic rings. The fourth-order valence-electron chi connectivity index (χ4n) is 1.66. The summed E-state index contributed by atoms with van der Waals surface area (Å²) in [6.45, 7) is -0.0891. The van der Waals surface area contributed by atoms with Gasteiger partial charge in [0.05, 0.1) is 6.61 Å². The molecule has 0 bridgehead atoms. The molecule has 0 aliphatic heterocycles. The largest absolute Gasteiger partial charge is 0.480 e. The Morgan fingerprint density at radius 3 is 2.47 bits per heavy atom. The van der Waals surface area contributed by atoms with Crippen molar-refractivity contribution >= 4 is 23.8 Å². The Balaban J connectivity index is 2.32. The molecular formula is C10H18N2O4S. The van der Waals surface area contributed by atoms with E-state index >= 15 is 0 Å². The smallest absolute Gasteiger partial charge is 0.328 e. The van der Waals surface area contributed by atoms with Crippen molar-refractivity contribution in [2.75, 3.05) is 19.4 Å². The summed E-state index contributed by atoms with van der Waals surface area (Å²) in [5.74, 6) is -1.24. The van der Waals surface area contributed by atoms with Gasteiger partial charge in [0.1, 0.15) is 0 Å². The third kappa shape index (κ3) is 3.78. The van der Waals surface area contributed by atoms with Crippen LogP contribution < -0.4 is 10.6 Å². The van der Waals surface area contributed by atoms with Crippen molar-refractivity contribution in [3.05, 3.63) is 0 Å². The van der Waals surface area contributed by atoms with E-state index in [-0.39, 0.29) is 4.75 Å². The number of carbonyl (C=O) groups is 2. The van der Waals surface area contributed by atoms with E-state index < -0.39 is 24.6 Å². The molecule has 2 amide bonds. The molecule has 7 heteroatoms. The number of aliphatic hydroxyl groups excluding tert-OH is 1. The molecule has 1 saturated carbocycles. The number of rotatable bonds is 6. The molecule has 0 aromatic heterocycles. The lowest BCUT2D eigenvalue weighted by Crippen LogP contribution is -2.52. The molecule has 17 heavy (non-hydrogen) atoms. The third-order valence-electron chi connectivity index (χ3n) is 3.05. The van der Waals surface area contributed by atoms with Gasteiger partial charge in [-0.3, -0.25) is 0 Å². The number of aliphatic carboxylic acids is 1. The van der Waals surface area contributed by atoms with E-state index in [1.54, 1.807) is 11.8 Å². The first-order valence-corrected chi connectivity index (χ1v) is 6.69. The molecule has 98 valence electrons. The maximum Gasteiger partial charge on any atom is 0.328 e. The number of nitrogens with one attached hydrogen (secondary N) is 2. The van der Waals surface area contributed by atoms with Crippen LogP contribution in [-0.4, -0.2) is 52.4 Å². The molecule has 6 nitrogen and oxygen atoms in total. The molecule has 0 aromatic carbocycles. The number of aliphatic hydroxyl groups is 1. The SMILES string of the molecule is CSC1(CNC(=O)N[C@H](CO)C(=O)O)CCC1. The lowest BCUT2D eigenvalue weighted by atomic mass is 9.84. The molecule has 0 heterocycles. The van der Waals surface area contributed by atoms with Gasteiger partial charge in [-0.05, 0) is 19.1 Å². The first kappa shape index (κ1) is 14.1. The highest BCUT2D eigenvalue weighted by molar-refractivity contribution is 8.00. The Labute approximate surface area is 104 Å². The van der Waals surface area contributed by atoms with Crippen LogP contribution in [0.4, 0.5) is 4.79 Å². The van der Waals surface area contributed by atoms with Crippen LogP contribution in [0, 0.1) is 0 Å². The second-order valence-electron chi connectivity index (χ2n) is 4.14. The number of hydrogen-bond donors (Lipinski definition) is 4. The van der Waals surface area contributed by atoms with Crippen LogP contribution in [-0.2, 0) is 4.79 Å². The summed E-state index contributed by atoms with van der Waals surface area (Å²) in [5.41, 5.74) is 0. The van der Waals surface area contributed by atoms with Gasteiger partial charge >= 0.3 is 12.0 Å². The molecule has 1 fully saturated rings. The maximum absolute atomic E-state index is 11.4. The summed E-state index contributed by atoms with van der Waals surface area (Å²) in [7, 11) is 0. The zero-order valence-corrected chi connectivity index (χ0v) is 10.5. The maximum atomic E-state index is 11.4. The molecule has 1 aliphatic rings. The molecular weight excluding hydrogens is 244 g/mol. The molecule has 0 radical (unpaired) electrons. The van der Waals surface area contributed by atoms with Crippen LogP contribution >= 0.6 is 11.8 Å². The minimum absolute atomic E-state index is 0.106. The van der Waals surface area contributed by atoms with E-state index in [0.717, 1.165) is 12.8 Å². The normalized spacial score (nSPS) is 18.9. The summed E-state index contributed by atoms with van der Waals surface area (Å²) < 4.78 is 0.106. The Morgan fingerprint density at radius 2 is 2.12 bits per heavy atom. The average Bonchev–Trinajstić information content (AvgIpc) is 2.24. The minimum atomic E-state index is -1.25. The number of urea groups is 1. The minimum Gasteiger partial charge on any atom is -0.480 e. The van der Waals surface area contributed by atoms with Gasteiger partial charge in [0.2, 0.25) is 0 Å². The number of hydrogen-bond acceptors (Lipinski definition) is 4. The Kier molecular flexibility index (Phi) is 5.07. The van der Waals surface area contributed by atoms with Crippen molar-refractivity contribution in [2.24, 2.45) is 0 Å². The second-order valence-corrected chi connectivity index (χ2v) is 5.42. The van der Waals surface area contributed by atoms with Crippen molar-refractivity contribution in [3.8, 4) is 0 Å². The fourth-order valence-corrected chi connectivity index (χ4v) is 2.57. The van der Waals surface area contributed by atoms with Gasteiger partial charge in [0.15, 0.2) is 6.04 Å². The summed E-state index contributed by atoms with van der Waals surface area (Å²) in [6.07, 6.45) is 5.30. The summed E-state index contributed by atoms with van der Waals surface area (Å²) in [6, 6.07) is -1.80. The summed E-state index contributed by atoms with van der Waals surface area (Å²) in [5, 5.41) is 22.2. The van der Waals surface area contributed by atoms with Gasteiger partial charge in [-0.1, -0.05) is 6.42 Å². The van der Waals surface area contributed by atoms with Crippen molar-refractivity contribution in [3.63, 3.8) is 0 Å². The van der Waals surface area contributed by atoms with E-state index in [4.69, 9.17) is 10.2 Å². The van der Waals surface area contributed by atoms with Crippen LogP contribution in [0.1, 0.15) is 19.3 Å². The molecule has 1 aliphatic carbocycles. The molecule has 0 saturated heterocycles. The predicted octanol–water partition coefficient (Wildman–Crippen LogP) is 0.0168. The van der Waals surface area contributed by atoms with E-state index in [1.165, 1.54) is 6.42 Å². The lowest BCUT2D eigenvalue weighted by molar-refractivity contribution is -0.140. The highest BCUT2D eigenvalue weighted by Crippen LogP contribution is 2.42. The predicted molar refractivity (Wildman–Crippen MR) is 65.1 cm³/mol. The molecule has 0 unspecified atom stereocenters. The first-order chi connectivity index (χ1) is 8.03. The van der Waals surface area contributed by atoms with Gasteiger partial charge < -0.3 is 20.8 Å². The van der Waals surface area contributed by atoms with Gasteiger partial charge in [-0.25, -0.2) is 9.59 Å². The van der Waals surface area contributed by atoms with E-state index in [0.29, 0.717) is 6.54 Å². The Morgan fingerprint density at radius 1 is 1.47 bits per heavy atom. The Bertz CT molecular complexity index is 289. The third-order valence-corrected chi connectivity index (χ3v) is 4.47. The molecule has 1 atom stereocenters. The first-order valence-electron chi connectivity index (χ1n) is 5.46. The van der Waals surface area contributed by atoms with Crippen LogP contribution in [0.5, 0.6) is 0 Å². The molecule has 0 spiro atoms. The van der Waals surface area contributed by atoms with Crippen LogP contribution in [0.15, 0.2) is 0 Å². The van der Waals surface area contributed by atoms with Gasteiger partial charge in [0, 0.05) is 11.3 Å². The molecule has 1 rings (SSSR count). The number of amides is 2. The monoisotopic (exact) mass is 262 g/mol. The summed E-state index contributed by atoms with van der Waals surface area (Å²) in [4.78, 5) is 22.0. The van der Waals surface area contributed by atoms with Crippen molar-refractivity contribution in [1.82, 2.24) is 10.6 Å². The van der Waals surface area contributed by atoms with Crippen LogP contribution in [0.2, 0.25) is 0 Å². The van der Waals surface area contributed by atoms with Crippen molar-refractivity contribution < 1.29 is 19.8 Å². The zero-order valence-electron chi connectivity index (χ0n) is 9.73.